The Balaban J connectivity index is 2.33. The molecule has 0 amide bonds. The van der Waals surface area contributed by atoms with E-state index in [9.17, 15) is 8.78 Å². The predicted molar refractivity (Wildman–Crippen MR) is 49.1 cm³/mol. The number of halogens is 2. The van der Waals surface area contributed by atoms with Crippen molar-refractivity contribution in [3.8, 4) is 0 Å². The van der Waals surface area contributed by atoms with Gasteiger partial charge in [-0.25, -0.2) is 8.78 Å². The summed E-state index contributed by atoms with van der Waals surface area (Å²) in [5.41, 5.74) is 0. The van der Waals surface area contributed by atoms with E-state index in [0.717, 1.165) is 19.6 Å². The topological polar surface area (TPSA) is 15.3 Å². The van der Waals surface area contributed by atoms with Gasteiger partial charge in [-0.05, 0) is 5.92 Å². The van der Waals surface area contributed by atoms with Crippen LogP contribution in [0.4, 0.5) is 8.78 Å². The molecule has 1 heterocycles. The molecular weight excluding hydrogens is 174 g/mol. The molecule has 2 nitrogen and oxygen atoms in total. The lowest BCUT2D eigenvalue weighted by molar-refractivity contribution is 0.0675. The Morgan fingerprint density at radius 1 is 1.46 bits per heavy atom. The third-order valence-electron chi connectivity index (χ3n) is 2.49. The maximum absolute atomic E-state index is 12.1. The molecule has 0 aromatic carbocycles. The minimum absolute atomic E-state index is 0.0785. The van der Waals surface area contributed by atoms with Crippen molar-refractivity contribution in [2.75, 3.05) is 26.2 Å². The minimum atomic E-state index is -2.20. The number of piperazine rings is 1. The van der Waals surface area contributed by atoms with Crippen LogP contribution in [0.25, 0.3) is 0 Å². The molecule has 1 N–H and O–H groups in total. The summed E-state index contributed by atoms with van der Waals surface area (Å²) in [6, 6.07) is 0.368. The van der Waals surface area contributed by atoms with Crippen molar-refractivity contribution in [3.05, 3.63) is 0 Å². The lowest BCUT2D eigenvalue weighted by Crippen LogP contribution is -2.53. The van der Waals surface area contributed by atoms with Gasteiger partial charge in [-0.2, -0.15) is 0 Å². The fourth-order valence-electron chi connectivity index (χ4n) is 1.65. The fourth-order valence-corrected chi connectivity index (χ4v) is 1.65. The largest absolute Gasteiger partial charge is 0.311 e. The molecule has 1 atom stereocenters. The van der Waals surface area contributed by atoms with E-state index in [2.05, 4.69) is 19.2 Å². The van der Waals surface area contributed by atoms with Gasteiger partial charge in [0.25, 0.3) is 6.43 Å². The molecule has 0 aromatic rings. The van der Waals surface area contributed by atoms with E-state index < -0.39 is 6.43 Å². The highest BCUT2D eigenvalue weighted by Crippen LogP contribution is 2.09. The summed E-state index contributed by atoms with van der Waals surface area (Å²) in [4.78, 5) is 1.84. The number of hydrogen-bond acceptors (Lipinski definition) is 2. The van der Waals surface area contributed by atoms with Gasteiger partial charge in [0, 0.05) is 25.7 Å². The molecule has 1 unspecified atom stereocenters. The Bertz CT molecular complexity index is 151. The molecule has 1 saturated heterocycles. The zero-order valence-electron chi connectivity index (χ0n) is 8.26. The van der Waals surface area contributed by atoms with Crippen molar-refractivity contribution >= 4 is 0 Å². The summed E-state index contributed by atoms with van der Waals surface area (Å²) in [6.07, 6.45) is -2.20. The lowest BCUT2D eigenvalue weighted by Gasteiger charge is -2.35. The lowest BCUT2D eigenvalue weighted by atomic mass is 10.0. The smallest absolute Gasteiger partial charge is 0.251 e. The normalized spacial score (nSPS) is 25.8. The van der Waals surface area contributed by atoms with E-state index >= 15 is 0 Å². The van der Waals surface area contributed by atoms with E-state index in [1.807, 2.05) is 4.90 Å². The van der Waals surface area contributed by atoms with Gasteiger partial charge in [0.2, 0.25) is 0 Å². The van der Waals surface area contributed by atoms with E-state index in [0.29, 0.717) is 12.0 Å². The Labute approximate surface area is 78.3 Å². The number of alkyl halides is 2. The summed E-state index contributed by atoms with van der Waals surface area (Å²) < 4.78 is 24.2. The van der Waals surface area contributed by atoms with Gasteiger partial charge in [0.1, 0.15) is 0 Å². The van der Waals surface area contributed by atoms with E-state index in [1.165, 1.54) is 0 Å². The van der Waals surface area contributed by atoms with Crippen LogP contribution in [0.3, 0.4) is 0 Å². The van der Waals surface area contributed by atoms with Crippen LogP contribution in [0.1, 0.15) is 13.8 Å². The molecule has 0 spiro atoms. The highest BCUT2D eigenvalue weighted by molar-refractivity contribution is 4.80. The zero-order chi connectivity index (χ0) is 9.84. The quantitative estimate of drug-likeness (QED) is 0.722. The molecule has 78 valence electrons. The van der Waals surface area contributed by atoms with Gasteiger partial charge < -0.3 is 5.32 Å². The Hall–Kier alpha value is -0.220. The fraction of sp³-hybridized carbons (Fsp3) is 1.00. The average Bonchev–Trinajstić information content (AvgIpc) is 2.03. The summed E-state index contributed by atoms with van der Waals surface area (Å²) in [6.45, 7) is 6.48. The first kappa shape index (κ1) is 10.9. The van der Waals surface area contributed by atoms with Crippen LogP contribution in [0.5, 0.6) is 0 Å². The van der Waals surface area contributed by atoms with Crippen LogP contribution in [0.2, 0.25) is 0 Å². The SMILES string of the molecule is CC(C)C1CN(CC(F)F)CCN1. The van der Waals surface area contributed by atoms with Gasteiger partial charge in [-0.3, -0.25) is 4.90 Å². The minimum Gasteiger partial charge on any atom is -0.311 e. The Morgan fingerprint density at radius 2 is 2.15 bits per heavy atom. The Kier molecular flexibility index (Phi) is 4.06. The van der Waals surface area contributed by atoms with Gasteiger partial charge >= 0.3 is 0 Å². The molecule has 1 fully saturated rings. The van der Waals surface area contributed by atoms with Crippen molar-refractivity contribution in [3.63, 3.8) is 0 Å². The molecule has 1 rings (SSSR count). The number of hydrogen-bond donors (Lipinski definition) is 1. The zero-order valence-corrected chi connectivity index (χ0v) is 8.26. The van der Waals surface area contributed by atoms with Crippen LogP contribution in [0.15, 0.2) is 0 Å². The molecule has 0 radical (unpaired) electrons. The molecule has 0 saturated carbocycles. The van der Waals surface area contributed by atoms with Gasteiger partial charge in [-0.15, -0.1) is 0 Å². The summed E-state index contributed by atoms with van der Waals surface area (Å²) in [5.74, 6) is 0.514. The molecule has 1 aliphatic rings. The average molecular weight is 192 g/mol. The van der Waals surface area contributed by atoms with E-state index in [1.54, 1.807) is 0 Å². The third-order valence-corrected chi connectivity index (χ3v) is 2.49. The maximum Gasteiger partial charge on any atom is 0.251 e. The molecule has 0 aliphatic carbocycles. The second-order valence-electron chi connectivity index (χ2n) is 3.96. The first-order valence-corrected chi connectivity index (χ1v) is 4.83. The van der Waals surface area contributed by atoms with Crippen molar-refractivity contribution in [2.24, 2.45) is 5.92 Å². The Morgan fingerprint density at radius 3 is 2.69 bits per heavy atom. The highest BCUT2D eigenvalue weighted by Gasteiger charge is 2.23. The standard InChI is InChI=1S/C9H18F2N2/c1-7(2)8-5-13(4-3-12-8)6-9(10)11/h7-9,12H,3-6H2,1-2H3. The van der Waals surface area contributed by atoms with Crippen LogP contribution in [-0.2, 0) is 0 Å². The van der Waals surface area contributed by atoms with Crippen molar-refractivity contribution in [1.82, 2.24) is 10.2 Å². The first-order valence-electron chi connectivity index (χ1n) is 4.83. The summed E-state index contributed by atoms with van der Waals surface area (Å²) in [7, 11) is 0. The van der Waals surface area contributed by atoms with Crippen LogP contribution < -0.4 is 5.32 Å². The third kappa shape index (κ3) is 3.56. The van der Waals surface area contributed by atoms with Crippen molar-refractivity contribution in [1.29, 1.82) is 0 Å². The van der Waals surface area contributed by atoms with Crippen molar-refractivity contribution < 1.29 is 8.78 Å². The maximum atomic E-state index is 12.1. The molecule has 4 heteroatoms. The molecule has 0 aromatic heterocycles. The molecular formula is C9H18F2N2. The number of rotatable bonds is 3. The van der Waals surface area contributed by atoms with Gasteiger partial charge in [-0.1, -0.05) is 13.8 Å². The highest BCUT2D eigenvalue weighted by atomic mass is 19.3. The monoisotopic (exact) mass is 192 g/mol. The first-order chi connectivity index (χ1) is 6.09. The summed E-state index contributed by atoms with van der Waals surface area (Å²) in [5, 5.41) is 3.34. The van der Waals surface area contributed by atoms with Crippen LogP contribution >= 0.6 is 0 Å². The number of nitrogens with zero attached hydrogens (tertiary/aromatic N) is 1. The predicted octanol–water partition coefficient (Wildman–Crippen LogP) is 1.18. The van der Waals surface area contributed by atoms with Gasteiger partial charge in [0.15, 0.2) is 0 Å². The second-order valence-corrected chi connectivity index (χ2v) is 3.96. The van der Waals surface area contributed by atoms with Crippen molar-refractivity contribution in [2.45, 2.75) is 26.3 Å². The van der Waals surface area contributed by atoms with Crippen LogP contribution in [-0.4, -0.2) is 43.5 Å². The second kappa shape index (κ2) is 4.86. The van der Waals surface area contributed by atoms with E-state index in [4.69, 9.17) is 0 Å². The molecule has 1 aliphatic heterocycles. The van der Waals surface area contributed by atoms with E-state index in [-0.39, 0.29) is 6.54 Å². The van der Waals surface area contributed by atoms with Crippen LogP contribution in [0, 0.1) is 5.92 Å². The molecule has 13 heavy (non-hydrogen) atoms. The summed E-state index contributed by atoms with van der Waals surface area (Å²) >= 11 is 0. The number of nitrogens with one attached hydrogen (secondary N) is 1. The molecule has 0 bridgehead atoms. The van der Waals surface area contributed by atoms with Gasteiger partial charge in [0.05, 0.1) is 6.54 Å².